The minimum Gasteiger partial charge on any atom is -0.374 e. The van der Waals surface area contributed by atoms with Crippen LogP contribution in [0.2, 0.25) is 0 Å². The average Bonchev–Trinajstić information content (AvgIpc) is 3.14. The maximum absolute atomic E-state index is 12.1. The Hall–Kier alpha value is -3.16. The van der Waals surface area contributed by atoms with Gasteiger partial charge in [-0.25, -0.2) is 9.79 Å². The van der Waals surface area contributed by atoms with Crippen molar-refractivity contribution in [2.45, 2.75) is 38.1 Å². The lowest BCUT2D eigenvalue weighted by Crippen LogP contribution is -2.39. The molecule has 2 heterocycles. The van der Waals surface area contributed by atoms with Crippen LogP contribution < -0.4 is 26.3 Å². The van der Waals surface area contributed by atoms with Crippen molar-refractivity contribution < 1.29 is 9.63 Å². The van der Waals surface area contributed by atoms with Gasteiger partial charge < -0.3 is 20.9 Å². The fourth-order valence-corrected chi connectivity index (χ4v) is 3.22. The molecule has 1 aromatic carbocycles. The number of hydroxylamine groups is 2. The van der Waals surface area contributed by atoms with Gasteiger partial charge >= 0.3 is 6.03 Å². The second kappa shape index (κ2) is 7.38. The van der Waals surface area contributed by atoms with Gasteiger partial charge in [0.25, 0.3) is 0 Å². The first-order valence-electron chi connectivity index (χ1n) is 8.88. The third kappa shape index (κ3) is 3.74. The standard InChI is InChI=1S/C18H22N6O2/c25-18(21-13-4-2-1-3-5-13)22-14-6-8-15(9-7-14)26-24-12-19-10-16-17(24)11-20-23-16/h6-13,20,23H,1-5H2,(H2,21,22,25). The zero-order valence-corrected chi connectivity index (χ0v) is 14.4. The van der Waals surface area contributed by atoms with Gasteiger partial charge in [0.2, 0.25) is 0 Å². The monoisotopic (exact) mass is 354 g/mol. The molecule has 1 saturated carbocycles. The maximum atomic E-state index is 12.1. The van der Waals surface area contributed by atoms with Crippen LogP contribution in [0.5, 0.6) is 5.75 Å². The molecule has 0 radical (unpaired) electrons. The fourth-order valence-electron chi connectivity index (χ4n) is 3.22. The molecule has 1 fully saturated rings. The van der Waals surface area contributed by atoms with E-state index in [0.29, 0.717) is 5.75 Å². The number of anilines is 1. The van der Waals surface area contributed by atoms with Crippen molar-refractivity contribution in [1.82, 2.24) is 21.2 Å². The molecule has 8 nitrogen and oxygen atoms in total. The first-order chi connectivity index (χ1) is 12.8. The van der Waals surface area contributed by atoms with E-state index in [1.807, 2.05) is 12.1 Å². The fraction of sp³-hybridized carbons (Fsp3) is 0.333. The smallest absolute Gasteiger partial charge is 0.319 e. The van der Waals surface area contributed by atoms with Gasteiger partial charge in [0.1, 0.15) is 17.7 Å². The Labute approximate surface area is 151 Å². The van der Waals surface area contributed by atoms with Crippen LogP contribution in [0.15, 0.2) is 53.1 Å². The molecule has 4 N–H and O–H groups in total. The number of hydrogen-bond acceptors (Lipinski definition) is 6. The van der Waals surface area contributed by atoms with Crippen LogP contribution in [0.25, 0.3) is 0 Å². The summed E-state index contributed by atoms with van der Waals surface area (Å²) in [4.78, 5) is 22.0. The number of hydrazine groups is 1. The van der Waals surface area contributed by atoms with E-state index in [1.54, 1.807) is 35.9 Å². The molecule has 0 aromatic heterocycles. The average molecular weight is 354 g/mol. The highest BCUT2D eigenvalue weighted by Gasteiger charge is 2.21. The molecule has 1 aliphatic carbocycles. The SMILES string of the molecule is O=C(Nc1ccc(ON2C=NC=C3NNC=C32)cc1)NC1CCCCC1. The lowest BCUT2D eigenvalue weighted by molar-refractivity contribution is 0.0646. The largest absolute Gasteiger partial charge is 0.374 e. The van der Waals surface area contributed by atoms with E-state index in [-0.39, 0.29) is 12.1 Å². The van der Waals surface area contributed by atoms with E-state index in [0.717, 1.165) is 29.9 Å². The number of hydrogen-bond donors (Lipinski definition) is 4. The molecule has 0 saturated heterocycles. The van der Waals surface area contributed by atoms with Crippen molar-refractivity contribution in [3.05, 3.63) is 48.1 Å². The molecule has 0 atom stereocenters. The topological polar surface area (TPSA) is 90.0 Å². The van der Waals surface area contributed by atoms with Crippen molar-refractivity contribution in [2.75, 3.05) is 5.32 Å². The van der Waals surface area contributed by atoms with Gasteiger partial charge in [-0.2, -0.15) is 5.06 Å². The van der Waals surface area contributed by atoms with Gasteiger partial charge in [-0.15, -0.1) is 0 Å². The highest BCUT2D eigenvalue weighted by Crippen LogP contribution is 2.23. The zero-order valence-electron chi connectivity index (χ0n) is 14.4. The number of rotatable bonds is 4. The Balaban J connectivity index is 1.31. The summed E-state index contributed by atoms with van der Waals surface area (Å²) in [5.74, 6) is 0.642. The highest BCUT2D eigenvalue weighted by atomic mass is 16.7. The van der Waals surface area contributed by atoms with Crippen LogP contribution in [0, 0.1) is 0 Å². The number of fused-ring (bicyclic) bond motifs is 1. The van der Waals surface area contributed by atoms with Crippen LogP contribution in [0.4, 0.5) is 10.5 Å². The van der Waals surface area contributed by atoms with E-state index in [1.165, 1.54) is 19.3 Å². The summed E-state index contributed by atoms with van der Waals surface area (Å²) in [5.41, 5.74) is 8.28. The maximum Gasteiger partial charge on any atom is 0.319 e. The van der Waals surface area contributed by atoms with E-state index in [4.69, 9.17) is 4.84 Å². The normalized spacial score (nSPS) is 18.8. The number of nitrogens with zero attached hydrogens (tertiary/aromatic N) is 2. The first kappa shape index (κ1) is 16.3. The summed E-state index contributed by atoms with van der Waals surface area (Å²) >= 11 is 0. The third-order valence-corrected chi connectivity index (χ3v) is 4.56. The van der Waals surface area contributed by atoms with Crippen LogP contribution in [-0.2, 0) is 0 Å². The van der Waals surface area contributed by atoms with Crippen molar-refractivity contribution >= 4 is 18.1 Å². The van der Waals surface area contributed by atoms with E-state index in [2.05, 4.69) is 26.5 Å². The molecule has 8 heteroatoms. The molecule has 136 valence electrons. The van der Waals surface area contributed by atoms with Gasteiger partial charge in [-0.05, 0) is 37.1 Å². The minimum atomic E-state index is -0.156. The lowest BCUT2D eigenvalue weighted by Gasteiger charge is -2.23. The second-order valence-corrected chi connectivity index (χ2v) is 6.48. The summed E-state index contributed by atoms with van der Waals surface area (Å²) < 4.78 is 0. The number of aliphatic imine (C=N–C) groups is 1. The highest BCUT2D eigenvalue weighted by molar-refractivity contribution is 5.89. The number of urea groups is 1. The minimum absolute atomic E-state index is 0.156. The summed E-state index contributed by atoms with van der Waals surface area (Å²) in [6.45, 7) is 0. The molecule has 0 spiro atoms. The molecule has 0 unspecified atom stereocenters. The number of carbonyl (C=O) groups excluding carboxylic acids is 1. The molecular formula is C18H22N6O2. The van der Waals surface area contributed by atoms with Gasteiger partial charge in [0, 0.05) is 17.9 Å². The first-order valence-corrected chi connectivity index (χ1v) is 8.88. The Kier molecular flexibility index (Phi) is 4.63. The van der Waals surface area contributed by atoms with E-state index < -0.39 is 0 Å². The third-order valence-electron chi connectivity index (χ3n) is 4.56. The van der Waals surface area contributed by atoms with E-state index >= 15 is 0 Å². The predicted octanol–water partition coefficient (Wildman–Crippen LogP) is 2.57. The summed E-state index contributed by atoms with van der Waals surface area (Å²) in [6, 6.07) is 7.36. The van der Waals surface area contributed by atoms with Crippen LogP contribution in [-0.4, -0.2) is 23.5 Å². The molecule has 2 amide bonds. The predicted molar refractivity (Wildman–Crippen MR) is 98.9 cm³/mol. The molecule has 4 rings (SSSR count). The lowest BCUT2D eigenvalue weighted by atomic mass is 9.96. The zero-order chi connectivity index (χ0) is 17.8. The molecular weight excluding hydrogens is 332 g/mol. The van der Waals surface area contributed by atoms with Gasteiger partial charge in [-0.3, -0.25) is 5.43 Å². The van der Waals surface area contributed by atoms with Crippen molar-refractivity contribution in [2.24, 2.45) is 4.99 Å². The van der Waals surface area contributed by atoms with Gasteiger partial charge in [-0.1, -0.05) is 19.3 Å². The van der Waals surface area contributed by atoms with E-state index in [9.17, 15) is 4.79 Å². The number of benzene rings is 1. The van der Waals surface area contributed by atoms with Gasteiger partial charge in [0.15, 0.2) is 5.75 Å². The van der Waals surface area contributed by atoms with Crippen LogP contribution >= 0.6 is 0 Å². The Morgan fingerprint density at radius 2 is 2.00 bits per heavy atom. The number of amides is 2. The van der Waals surface area contributed by atoms with Gasteiger partial charge in [0.05, 0.1) is 6.20 Å². The van der Waals surface area contributed by atoms with Crippen molar-refractivity contribution in [1.29, 1.82) is 0 Å². The number of nitrogens with one attached hydrogen (secondary N) is 4. The Morgan fingerprint density at radius 3 is 2.81 bits per heavy atom. The Morgan fingerprint density at radius 1 is 1.19 bits per heavy atom. The summed E-state index contributed by atoms with van der Waals surface area (Å²) in [6.07, 6.45) is 10.9. The number of carbonyl (C=O) groups is 1. The quantitative estimate of drug-likeness (QED) is 0.667. The Bertz CT molecular complexity index is 749. The summed E-state index contributed by atoms with van der Waals surface area (Å²) in [5, 5.41) is 7.48. The van der Waals surface area contributed by atoms with Crippen molar-refractivity contribution in [3.63, 3.8) is 0 Å². The van der Waals surface area contributed by atoms with Crippen LogP contribution in [0.1, 0.15) is 32.1 Å². The second-order valence-electron chi connectivity index (χ2n) is 6.48. The molecule has 3 aliphatic rings. The van der Waals surface area contributed by atoms with Crippen LogP contribution in [0.3, 0.4) is 0 Å². The molecule has 26 heavy (non-hydrogen) atoms. The molecule has 1 aromatic rings. The molecule has 0 bridgehead atoms. The molecule has 2 aliphatic heterocycles. The van der Waals surface area contributed by atoms with Crippen molar-refractivity contribution in [3.8, 4) is 5.75 Å². The summed E-state index contributed by atoms with van der Waals surface area (Å²) in [7, 11) is 0.